The summed E-state index contributed by atoms with van der Waals surface area (Å²) in [4.78, 5) is 11.8. The average molecular weight is 348 g/mol. The molecular formula is C22H28N4. The van der Waals surface area contributed by atoms with Gasteiger partial charge in [0.05, 0.1) is 0 Å². The molecule has 26 heavy (non-hydrogen) atoms. The van der Waals surface area contributed by atoms with E-state index in [0.29, 0.717) is 0 Å². The second kappa shape index (κ2) is 7.90. The molecule has 0 saturated carbocycles. The summed E-state index contributed by atoms with van der Waals surface area (Å²) in [5.74, 6) is 1.79. The average Bonchev–Trinajstić information content (AvgIpc) is 2.68. The number of benzene rings is 1. The molecule has 1 aliphatic heterocycles. The van der Waals surface area contributed by atoms with Crippen molar-refractivity contribution in [1.82, 2.24) is 9.97 Å². The van der Waals surface area contributed by atoms with E-state index < -0.39 is 0 Å². The molecule has 4 rings (SSSR count). The maximum absolute atomic E-state index is 4.80. The van der Waals surface area contributed by atoms with Gasteiger partial charge in [0, 0.05) is 31.4 Å². The Morgan fingerprint density at radius 1 is 1.08 bits per heavy atom. The maximum atomic E-state index is 4.80. The van der Waals surface area contributed by atoms with E-state index in [4.69, 9.17) is 4.98 Å². The molecule has 0 saturated heterocycles. The first-order chi connectivity index (χ1) is 12.8. The summed E-state index contributed by atoms with van der Waals surface area (Å²) in [6.07, 6.45) is 9.79. The van der Waals surface area contributed by atoms with Gasteiger partial charge < -0.3 is 10.2 Å². The summed E-state index contributed by atoms with van der Waals surface area (Å²) in [6, 6.07) is 10.8. The lowest BCUT2D eigenvalue weighted by Gasteiger charge is -2.30. The first-order valence-corrected chi connectivity index (χ1v) is 9.87. The van der Waals surface area contributed by atoms with Crippen molar-refractivity contribution >= 4 is 11.8 Å². The minimum atomic E-state index is 0.760. The molecule has 0 atom stereocenters. The second-order valence-electron chi connectivity index (χ2n) is 7.42. The van der Waals surface area contributed by atoms with Gasteiger partial charge in [-0.3, -0.25) is 0 Å². The fourth-order valence-corrected chi connectivity index (χ4v) is 3.95. The Morgan fingerprint density at radius 2 is 1.96 bits per heavy atom. The standard InChI is InChI=1S/C22H28N4/c1-17-15-21(26-14-12-19-9-5-6-10-20(19)16-26)25-22(24-17)23-13-11-18-7-3-2-4-8-18/h5-7,9-10,15H,2-4,8,11-14,16H2,1H3,(H,23,24,25). The lowest BCUT2D eigenvalue weighted by atomic mass is 9.97. The molecule has 136 valence electrons. The minimum Gasteiger partial charge on any atom is -0.354 e. The maximum Gasteiger partial charge on any atom is 0.224 e. The van der Waals surface area contributed by atoms with Crippen molar-refractivity contribution in [3.63, 3.8) is 0 Å². The zero-order valence-electron chi connectivity index (χ0n) is 15.7. The first-order valence-electron chi connectivity index (χ1n) is 9.87. The minimum absolute atomic E-state index is 0.760. The number of hydrogen-bond acceptors (Lipinski definition) is 4. The highest BCUT2D eigenvalue weighted by Gasteiger charge is 2.18. The van der Waals surface area contributed by atoms with Gasteiger partial charge in [-0.1, -0.05) is 35.9 Å². The summed E-state index contributed by atoms with van der Waals surface area (Å²) in [5, 5.41) is 3.44. The normalized spacial score (nSPS) is 16.8. The van der Waals surface area contributed by atoms with Gasteiger partial charge in [0.15, 0.2) is 0 Å². The first kappa shape index (κ1) is 17.1. The van der Waals surface area contributed by atoms with E-state index in [9.17, 15) is 0 Å². The molecular weight excluding hydrogens is 320 g/mol. The predicted octanol–water partition coefficient (Wildman–Crippen LogP) is 4.65. The molecule has 1 aliphatic carbocycles. The molecule has 4 nitrogen and oxygen atoms in total. The van der Waals surface area contributed by atoms with Crippen LogP contribution in [0.3, 0.4) is 0 Å². The molecule has 0 amide bonds. The molecule has 2 aliphatic rings. The number of anilines is 2. The number of allylic oxidation sites excluding steroid dienone is 1. The summed E-state index contributed by atoms with van der Waals surface area (Å²) < 4.78 is 0. The topological polar surface area (TPSA) is 41.1 Å². The zero-order valence-corrected chi connectivity index (χ0v) is 15.7. The van der Waals surface area contributed by atoms with Crippen LogP contribution in [0.4, 0.5) is 11.8 Å². The lowest BCUT2D eigenvalue weighted by Crippen LogP contribution is -2.31. The Morgan fingerprint density at radius 3 is 2.81 bits per heavy atom. The monoisotopic (exact) mass is 348 g/mol. The Hall–Kier alpha value is -2.36. The number of nitrogens with zero attached hydrogens (tertiary/aromatic N) is 3. The molecule has 0 unspecified atom stereocenters. The lowest BCUT2D eigenvalue weighted by molar-refractivity contribution is 0.678. The smallest absolute Gasteiger partial charge is 0.224 e. The van der Waals surface area contributed by atoms with E-state index in [2.05, 4.69) is 58.5 Å². The molecule has 1 aromatic carbocycles. The van der Waals surface area contributed by atoms with Gasteiger partial charge in [-0.25, -0.2) is 4.98 Å². The van der Waals surface area contributed by atoms with Crippen molar-refractivity contribution in [2.45, 2.75) is 52.0 Å². The quantitative estimate of drug-likeness (QED) is 0.799. The van der Waals surface area contributed by atoms with Gasteiger partial charge in [-0.15, -0.1) is 0 Å². The van der Waals surface area contributed by atoms with Gasteiger partial charge >= 0.3 is 0 Å². The van der Waals surface area contributed by atoms with Crippen LogP contribution in [0.2, 0.25) is 0 Å². The van der Waals surface area contributed by atoms with Crippen LogP contribution in [0.1, 0.15) is 48.9 Å². The third-order valence-corrected chi connectivity index (χ3v) is 5.41. The van der Waals surface area contributed by atoms with Crippen LogP contribution in [0.5, 0.6) is 0 Å². The van der Waals surface area contributed by atoms with Crippen LogP contribution >= 0.6 is 0 Å². The molecule has 0 bridgehead atoms. The van der Waals surface area contributed by atoms with Gasteiger partial charge in [-0.2, -0.15) is 4.98 Å². The molecule has 0 fully saturated rings. The molecule has 1 N–H and O–H groups in total. The fourth-order valence-electron chi connectivity index (χ4n) is 3.95. The van der Waals surface area contributed by atoms with E-state index in [1.807, 2.05) is 0 Å². The van der Waals surface area contributed by atoms with Gasteiger partial charge in [0.25, 0.3) is 0 Å². The van der Waals surface area contributed by atoms with Crippen molar-refractivity contribution in [1.29, 1.82) is 0 Å². The number of hydrogen-bond donors (Lipinski definition) is 1. The molecule has 2 aromatic rings. The zero-order chi connectivity index (χ0) is 17.8. The summed E-state index contributed by atoms with van der Waals surface area (Å²) in [5.41, 5.74) is 5.49. The highest BCUT2D eigenvalue weighted by Crippen LogP contribution is 2.24. The third kappa shape index (κ3) is 4.06. The summed E-state index contributed by atoms with van der Waals surface area (Å²) in [7, 11) is 0. The molecule has 2 heterocycles. The van der Waals surface area contributed by atoms with Crippen LogP contribution in [-0.2, 0) is 13.0 Å². The van der Waals surface area contributed by atoms with Gasteiger partial charge in [0.1, 0.15) is 5.82 Å². The van der Waals surface area contributed by atoms with E-state index in [1.54, 1.807) is 5.57 Å². The predicted molar refractivity (Wildman–Crippen MR) is 108 cm³/mol. The molecule has 0 spiro atoms. The Bertz CT molecular complexity index is 796. The van der Waals surface area contributed by atoms with E-state index in [0.717, 1.165) is 49.9 Å². The Kier molecular flexibility index (Phi) is 5.19. The molecule has 4 heteroatoms. The Labute approximate surface area is 156 Å². The van der Waals surface area contributed by atoms with Crippen molar-refractivity contribution in [3.05, 3.63) is 58.8 Å². The summed E-state index contributed by atoms with van der Waals surface area (Å²) >= 11 is 0. The van der Waals surface area contributed by atoms with Crippen LogP contribution in [0, 0.1) is 6.92 Å². The van der Waals surface area contributed by atoms with E-state index >= 15 is 0 Å². The number of aryl methyl sites for hydroxylation is 1. The van der Waals surface area contributed by atoms with Crippen molar-refractivity contribution < 1.29 is 0 Å². The van der Waals surface area contributed by atoms with Crippen LogP contribution < -0.4 is 10.2 Å². The largest absolute Gasteiger partial charge is 0.354 e. The van der Waals surface area contributed by atoms with Crippen molar-refractivity contribution in [3.8, 4) is 0 Å². The van der Waals surface area contributed by atoms with Crippen molar-refractivity contribution in [2.24, 2.45) is 0 Å². The van der Waals surface area contributed by atoms with Crippen LogP contribution in [0.25, 0.3) is 0 Å². The number of rotatable bonds is 5. The number of aromatic nitrogens is 2. The van der Waals surface area contributed by atoms with E-state index in [-0.39, 0.29) is 0 Å². The van der Waals surface area contributed by atoms with Crippen LogP contribution in [-0.4, -0.2) is 23.1 Å². The van der Waals surface area contributed by atoms with E-state index in [1.165, 1.54) is 36.8 Å². The van der Waals surface area contributed by atoms with Gasteiger partial charge in [0.2, 0.25) is 5.95 Å². The highest BCUT2D eigenvalue weighted by molar-refractivity contribution is 5.48. The second-order valence-corrected chi connectivity index (χ2v) is 7.42. The SMILES string of the molecule is Cc1cc(N2CCc3ccccc3C2)nc(NCCC2=CCCCC2)n1. The van der Waals surface area contributed by atoms with Crippen molar-refractivity contribution in [2.75, 3.05) is 23.3 Å². The Balaban J connectivity index is 1.42. The summed E-state index contributed by atoms with van der Waals surface area (Å²) in [6.45, 7) is 4.91. The molecule has 0 radical (unpaired) electrons. The fraction of sp³-hybridized carbons (Fsp3) is 0.455. The highest BCUT2D eigenvalue weighted by atomic mass is 15.2. The van der Waals surface area contributed by atoms with Crippen LogP contribution in [0.15, 0.2) is 42.0 Å². The number of nitrogens with one attached hydrogen (secondary N) is 1. The van der Waals surface area contributed by atoms with Gasteiger partial charge in [-0.05, 0) is 56.6 Å². The molecule has 1 aromatic heterocycles. The number of fused-ring (bicyclic) bond motifs is 1. The third-order valence-electron chi connectivity index (χ3n) is 5.41.